The SMILES string of the molecule is Nc1cc(Cl)ccc1-c1nnnn1CC1CCCC1. The molecule has 1 fully saturated rings. The zero-order valence-corrected chi connectivity index (χ0v) is 11.3. The first-order valence-electron chi connectivity index (χ1n) is 6.55. The van der Waals surface area contributed by atoms with Crippen molar-refractivity contribution >= 4 is 17.3 Å². The van der Waals surface area contributed by atoms with E-state index >= 15 is 0 Å². The number of nitrogen functional groups attached to an aromatic ring is 1. The van der Waals surface area contributed by atoms with Crippen LogP contribution in [0.3, 0.4) is 0 Å². The number of aromatic nitrogens is 4. The van der Waals surface area contributed by atoms with Gasteiger partial charge in [-0.25, -0.2) is 4.68 Å². The van der Waals surface area contributed by atoms with E-state index in [2.05, 4.69) is 15.5 Å². The Hall–Kier alpha value is -1.62. The van der Waals surface area contributed by atoms with Gasteiger partial charge in [0.1, 0.15) is 0 Å². The molecule has 1 saturated carbocycles. The number of nitrogens with two attached hydrogens (primary N) is 1. The third-order valence-electron chi connectivity index (χ3n) is 3.69. The topological polar surface area (TPSA) is 69.6 Å². The number of anilines is 1. The molecule has 19 heavy (non-hydrogen) atoms. The molecule has 1 aliphatic carbocycles. The molecule has 5 nitrogen and oxygen atoms in total. The van der Waals surface area contributed by atoms with Gasteiger partial charge >= 0.3 is 0 Å². The van der Waals surface area contributed by atoms with Gasteiger partial charge in [0.25, 0.3) is 0 Å². The van der Waals surface area contributed by atoms with Gasteiger partial charge in [0.05, 0.1) is 0 Å². The average Bonchev–Trinajstić information content (AvgIpc) is 3.02. The molecule has 1 heterocycles. The minimum atomic E-state index is 0.606. The molecule has 100 valence electrons. The van der Waals surface area contributed by atoms with Crippen molar-refractivity contribution in [2.24, 2.45) is 5.92 Å². The van der Waals surface area contributed by atoms with E-state index in [0.29, 0.717) is 16.6 Å². The van der Waals surface area contributed by atoms with Crippen LogP contribution in [0.4, 0.5) is 5.69 Å². The maximum atomic E-state index is 6.00. The Morgan fingerprint density at radius 3 is 2.84 bits per heavy atom. The minimum absolute atomic E-state index is 0.606. The summed E-state index contributed by atoms with van der Waals surface area (Å²) in [5, 5.41) is 12.6. The largest absolute Gasteiger partial charge is 0.398 e. The normalized spacial score (nSPS) is 16.1. The van der Waals surface area contributed by atoms with Crippen LogP contribution in [0.15, 0.2) is 18.2 Å². The Morgan fingerprint density at radius 2 is 2.11 bits per heavy atom. The molecule has 0 spiro atoms. The maximum absolute atomic E-state index is 6.00. The van der Waals surface area contributed by atoms with E-state index in [1.165, 1.54) is 25.7 Å². The van der Waals surface area contributed by atoms with Crippen LogP contribution in [0.5, 0.6) is 0 Å². The minimum Gasteiger partial charge on any atom is -0.398 e. The molecular formula is C13H16ClN5. The van der Waals surface area contributed by atoms with E-state index in [4.69, 9.17) is 17.3 Å². The number of hydrogen-bond donors (Lipinski definition) is 1. The molecule has 0 atom stereocenters. The van der Waals surface area contributed by atoms with Crippen LogP contribution in [-0.2, 0) is 6.54 Å². The van der Waals surface area contributed by atoms with Gasteiger partial charge in [0, 0.05) is 22.8 Å². The lowest BCUT2D eigenvalue weighted by Crippen LogP contribution is -2.11. The summed E-state index contributed by atoms with van der Waals surface area (Å²) in [6.45, 7) is 0.865. The van der Waals surface area contributed by atoms with Gasteiger partial charge < -0.3 is 5.73 Å². The zero-order valence-electron chi connectivity index (χ0n) is 10.6. The molecular weight excluding hydrogens is 262 g/mol. The van der Waals surface area contributed by atoms with Crippen LogP contribution in [0.2, 0.25) is 5.02 Å². The van der Waals surface area contributed by atoms with Crippen molar-refractivity contribution in [3.8, 4) is 11.4 Å². The second-order valence-electron chi connectivity index (χ2n) is 5.07. The summed E-state index contributed by atoms with van der Waals surface area (Å²) < 4.78 is 1.86. The summed E-state index contributed by atoms with van der Waals surface area (Å²) in [7, 11) is 0. The fraction of sp³-hybridized carbons (Fsp3) is 0.462. The average molecular weight is 278 g/mol. The van der Waals surface area contributed by atoms with Crippen molar-refractivity contribution in [3.63, 3.8) is 0 Å². The number of halogens is 1. The van der Waals surface area contributed by atoms with Crippen molar-refractivity contribution in [1.29, 1.82) is 0 Å². The summed E-state index contributed by atoms with van der Waals surface area (Å²) in [5.74, 6) is 1.40. The summed E-state index contributed by atoms with van der Waals surface area (Å²) in [5.41, 5.74) is 7.44. The lowest BCUT2D eigenvalue weighted by Gasteiger charge is -2.11. The third-order valence-corrected chi connectivity index (χ3v) is 3.93. The highest BCUT2D eigenvalue weighted by atomic mass is 35.5. The quantitative estimate of drug-likeness (QED) is 0.876. The van der Waals surface area contributed by atoms with Crippen LogP contribution in [-0.4, -0.2) is 20.2 Å². The number of rotatable bonds is 3. The fourth-order valence-corrected chi connectivity index (χ4v) is 2.88. The summed E-state index contributed by atoms with van der Waals surface area (Å²) >= 11 is 5.92. The first-order valence-corrected chi connectivity index (χ1v) is 6.93. The second kappa shape index (κ2) is 5.17. The smallest absolute Gasteiger partial charge is 0.184 e. The molecule has 3 rings (SSSR count). The Morgan fingerprint density at radius 1 is 1.32 bits per heavy atom. The predicted molar refractivity (Wildman–Crippen MR) is 74.6 cm³/mol. The van der Waals surface area contributed by atoms with E-state index in [1.54, 1.807) is 6.07 Å². The standard InChI is InChI=1S/C13H16ClN5/c14-10-5-6-11(12(15)7-10)13-16-17-18-19(13)8-9-3-1-2-4-9/h5-7,9H,1-4,8,15H2. The van der Waals surface area contributed by atoms with Gasteiger partial charge in [-0.15, -0.1) is 5.10 Å². The van der Waals surface area contributed by atoms with Crippen LogP contribution < -0.4 is 5.73 Å². The molecule has 0 bridgehead atoms. The van der Waals surface area contributed by atoms with Crippen LogP contribution >= 0.6 is 11.6 Å². The van der Waals surface area contributed by atoms with E-state index in [9.17, 15) is 0 Å². The first-order chi connectivity index (χ1) is 9.24. The first kappa shape index (κ1) is 12.4. The lowest BCUT2D eigenvalue weighted by atomic mass is 10.1. The van der Waals surface area contributed by atoms with Crippen molar-refractivity contribution < 1.29 is 0 Å². The third kappa shape index (κ3) is 2.56. The van der Waals surface area contributed by atoms with Crippen LogP contribution in [0.1, 0.15) is 25.7 Å². The van der Waals surface area contributed by atoms with E-state index in [0.717, 1.165) is 17.9 Å². The number of nitrogens with zero attached hydrogens (tertiary/aromatic N) is 4. The molecule has 2 N–H and O–H groups in total. The van der Waals surface area contributed by atoms with Gasteiger partial charge in [-0.05, 0) is 47.4 Å². The van der Waals surface area contributed by atoms with Gasteiger partial charge in [0.15, 0.2) is 5.82 Å². The molecule has 1 aromatic carbocycles. The van der Waals surface area contributed by atoms with E-state index < -0.39 is 0 Å². The molecule has 0 aliphatic heterocycles. The summed E-state index contributed by atoms with van der Waals surface area (Å²) in [6, 6.07) is 5.40. The second-order valence-corrected chi connectivity index (χ2v) is 5.50. The van der Waals surface area contributed by atoms with Crippen molar-refractivity contribution in [2.75, 3.05) is 5.73 Å². The molecule has 6 heteroatoms. The Kier molecular flexibility index (Phi) is 3.38. The van der Waals surface area contributed by atoms with Gasteiger partial charge in [-0.2, -0.15) is 0 Å². The van der Waals surface area contributed by atoms with Crippen molar-refractivity contribution in [1.82, 2.24) is 20.2 Å². The molecule has 0 saturated heterocycles. The molecule has 0 radical (unpaired) electrons. The van der Waals surface area contributed by atoms with Crippen molar-refractivity contribution in [2.45, 2.75) is 32.2 Å². The highest BCUT2D eigenvalue weighted by molar-refractivity contribution is 6.31. The van der Waals surface area contributed by atoms with Gasteiger partial charge in [-0.3, -0.25) is 0 Å². The molecule has 0 unspecified atom stereocenters. The maximum Gasteiger partial charge on any atom is 0.184 e. The lowest BCUT2D eigenvalue weighted by molar-refractivity contribution is 0.424. The molecule has 0 amide bonds. The monoisotopic (exact) mass is 277 g/mol. The highest BCUT2D eigenvalue weighted by Crippen LogP contribution is 2.29. The summed E-state index contributed by atoms with van der Waals surface area (Å²) in [4.78, 5) is 0. The Labute approximate surface area is 116 Å². The highest BCUT2D eigenvalue weighted by Gasteiger charge is 2.19. The molecule has 1 aromatic heterocycles. The number of benzene rings is 1. The van der Waals surface area contributed by atoms with E-state index in [-0.39, 0.29) is 0 Å². The van der Waals surface area contributed by atoms with Crippen molar-refractivity contribution in [3.05, 3.63) is 23.2 Å². The van der Waals surface area contributed by atoms with E-state index in [1.807, 2.05) is 16.8 Å². The van der Waals surface area contributed by atoms with Gasteiger partial charge in [0.2, 0.25) is 0 Å². The Balaban J connectivity index is 1.90. The molecule has 1 aliphatic rings. The molecule has 2 aromatic rings. The zero-order chi connectivity index (χ0) is 13.2. The fourth-order valence-electron chi connectivity index (χ4n) is 2.70. The predicted octanol–water partition coefficient (Wildman–Crippen LogP) is 2.77. The Bertz CT molecular complexity index is 574. The van der Waals surface area contributed by atoms with Crippen LogP contribution in [0.25, 0.3) is 11.4 Å². The number of tetrazole rings is 1. The summed E-state index contributed by atoms with van der Waals surface area (Å²) in [6.07, 6.45) is 5.14. The van der Waals surface area contributed by atoms with Gasteiger partial charge in [-0.1, -0.05) is 24.4 Å². The van der Waals surface area contributed by atoms with Crippen LogP contribution in [0, 0.1) is 5.92 Å². The number of hydrogen-bond acceptors (Lipinski definition) is 4.